The molecule has 0 aliphatic carbocycles. The van der Waals surface area contributed by atoms with Crippen molar-refractivity contribution in [2.75, 3.05) is 51.4 Å². The summed E-state index contributed by atoms with van der Waals surface area (Å²) in [6.45, 7) is 5.66. The molecule has 17 heavy (non-hydrogen) atoms. The SMILES string of the molecule is COCCN(CC1CCSC1)CC1CCCN1. The second-order valence-electron chi connectivity index (χ2n) is 5.28. The Morgan fingerprint density at radius 2 is 2.29 bits per heavy atom. The molecule has 2 saturated heterocycles. The molecule has 0 amide bonds. The van der Waals surface area contributed by atoms with E-state index in [2.05, 4.69) is 22.0 Å². The van der Waals surface area contributed by atoms with Crippen LogP contribution in [0.3, 0.4) is 0 Å². The first-order valence-electron chi connectivity index (χ1n) is 6.91. The Morgan fingerprint density at radius 3 is 2.94 bits per heavy atom. The Balaban J connectivity index is 1.74. The second-order valence-corrected chi connectivity index (χ2v) is 6.43. The van der Waals surface area contributed by atoms with Crippen molar-refractivity contribution in [1.29, 1.82) is 0 Å². The van der Waals surface area contributed by atoms with Gasteiger partial charge in [0.15, 0.2) is 0 Å². The van der Waals surface area contributed by atoms with Gasteiger partial charge in [0.1, 0.15) is 0 Å². The standard InChI is InChI=1S/C13H26N2OS/c1-16-7-6-15(9-12-4-8-17-11-12)10-13-3-2-5-14-13/h12-14H,2-11H2,1H3. The van der Waals surface area contributed by atoms with Gasteiger partial charge in [0.05, 0.1) is 6.61 Å². The highest BCUT2D eigenvalue weighted by molar-refractivity contribution is 7.99. The molecule has 2 rings (SSSR count). The summed E-state index contributed by atoms with van der Waals surface area (Å²) in [5, 5.41) is 3.60. The normalized spacial score (nSPS) is 29.3. The van der Waals surface area contributed by atoms with E-state index in [0.717, 1.165) is 25.1 Å². The fourth-order valence-corrected chi connectivity index (χ4v) is 4.07. The van der Waals surface area contributed by atoms with Crippen molar-refractivity contribution >= 4 is 11.8 Å². The van der Waals surface area contributed by atoms with E-state index in [1.807, 2.05) is 0 Å². The lowest BCUT2D eigenvalue weighted by Crippen LogP contribution is -2.41. The molecule has 0 bridgehead atoms. The topological polar surface area (TPSA) is 24.5 Å². The lowest BCUT2D eigenvalue weighted by atomic mass is 10.1. The monoisotopic (exact) mass is 258 g/mol. The average molecular weight is 258 g/mol. The van der Waals surface area contributed by atoms with Gasteiger partial charge in [-0.1, -0.05) is 0 Å². The summed E-state index contributed by atoms with van der Waals surface area (Å²) in [5.74, 6) is 3.64. The molecule has 0 aromatic rings. The van der Waals surface area contributed by atoms with Gasteiger partial charge in [0, 0.05) is 32.8 Å². The molecule has 1 N–H and O–H groups in total. The lowest BCUT2D eigenvalue weighted by molar-refractivity contribution is 0.133. The van der Waals surface area contributed by atoms with E-state index < -0.39 is 0 Å². The maximum Gasteiger partial charge on any atom is 0.0589 e. The maximum absolute atomic E-state index is 5.23. The lowest BCUT2D eigenvalue weighted by Gasteiger charge is -2.27. The third-order valence-corrected chi connectivity index (χ3v) is 5.02. The van der Waals surface area contributed by atoms with Crippen LogP contribution in [0.2, 0.25) is 0 Å². The smallest absolute Gasteiger partial charge is 0.0589 e. The first kappa shape index (κ1) is 13.7. The molecule has 0 aromatic carbocycles. The maximum atomic E-state index is 5.23. The van der Waals surface area contributed by atoms with Gasteiger partial charge in [-0.15, -0.1) is 0 Å². The number of hydrogen-bond donors (Lipinski definition) is 1. The second kappa shape index (κ2) is 7.62. The third-order valence-electron chi connectivity index (χ3n) is 3.79. The highest BCUT2D eigenvalue weighted by atomic mass is 32.2. The summed E-state index contributed by atoms with van der Waals surface area (Å²) in [4.78, 5) is 2.61. The molecule has 2 unspecified atom stereocenters. The van der Waals surface area contributed by atoms with Crippen molar-refractivity contribution in [3.8, 4) is 0 Å². The van der Waals surface area contributed by atoms with Crippen LogP contribution in [0.5, 0.6) is 0 Å². The zero-order valence-electron chi connectivity index (χ0n) is 11.0. The van der Waals surface area contributed by atoms with E-state index in [1.54, 1.807) is 7.11 Å². The van der Waals surface area contributed by atoms with Gasteiger partial charge in [-0.05, 0) is 43.2 Å². The summed E-state index contributed by atoms with van der Waals surface area (Å²) in [7, 11) is 1.80. The molecule has 2 aliphatic rings. The van der Waals surface area contributed by atoms with Crippen LogP contribution < -0.4 is 5.32 Å². The minimum atomic E-state index is 0.723. The number of nitrogens with one attached hydrogen (secondary N) is 1. The van der Waals surface area contributed by atoms with Gasteiger partial charge < -0.3 is 10.1 Å². The van der Waals surface area contributed by atoms with E-state index in [1.165, 1.54) is 50.4 Å². The first-order chi connectivity index (χ1) is 8.38. The van der Waals surface area contributed by atoms with E-state index in [-0.39, 0.29) is 0 Å². The van der Waals surface area contributed by atoms with Gasteiger partial charge in [-0.2, -0.15) is 11.8 Å². The van der Waals surface area contributed by atoms with Gasteiger partial charge in [-0.25, -0.2) is 0 Å². The highest BCUT2D eigenvalue weighted by Crippen LogP contribution is 2.24. The number of ether oxygens (including phenoxy) is 1. The summed E-state index contributed by atoms with van der Waals surface area (Å²) >= 11 is 2.12. The fraction of sp³-hybridized carbons (Fsp3) is 1.00. The molecule has 2 aliphatic heterocycles. The van der Waals surface area contributed by atoms with Crippen molar-refractivity contribution in [2.45, 2.75) is 25.3 Å². The van der Waals surface area contributed by atoms with E-state index in [4.69, 9.17) is 4.74 Å². The van der Waals surface area contributed by atoms with Crippen molar-refractivity contribution in [2.24, 2.45) is 5.92 Å². The predicted octanol–water partition coefficient (Wildman–Crippen LogP) is 1.44. The Kier molecular flexibility index (Phi) is 6.12. The summed E-state index contributed by atoms with van der Waals surface area (Å²) in [6, 6.07) is 0.723. The zero-order chi connectivity index (χ0) is 11.9. The Hall–Kier alpha value is 0.230. The van der Waals surface area contributed by atoms with Crippen LogP contribution in [0.1, 0.15) is 19.3 Å². The zero-order valence-corrected chi connectivity index (χ0v) is 11.8. The Morgan fingerprint density at radius 1 is 1.35 bits per heavy atom. The number of rotatable bonds is 7. The van der Waals surface area contributed by atoms with Crippen LogP contribution >= 0.6 is 11.8 Å². The molecule has 0 spiro atoms. The van der Waals surface area contributed by atoms with E-state index >= 15 is 0 Å². The molecule has 0 radical (unpaired) electrons. The Labute approximate surface area is 110 Å². The molecule has 0 saturated carbocycles. The minimum Gasteiger partial charge on any atom is -0.383 e. The summed E-state index contributed by atoms with van der Waals surface area (Å²) in [6.07, 6.45) is 4.11. The predicted molar refractivity (Wildman–Crippen MR) is 74.8 cm³/mol. The number of thioether (sulfide) groups is 1. The van der Waals surface area contributed by atoms with Crippen LogP contribution in [0.4, 0.5) is 0 Å². The highest BCUT2D eigenvalue weighted by Gasteiger charge is 2.22. The van der Waals surface area contributed by atoms with Crippen LogP contribution in [0, 0.1) is 5.92 Å². The van der Waals surface area contributed by atoms with Crippen LogP contribution in [-0.2, 0) is 4.74 Å². The minimum absolute atomic E-state index is 0.723. The van der Waals surface area contributed by atoms with Crippen molar-refractivity contribution < 1.29 is 4.74 Å². The fourth-order valence-electron chi connectivity index (χ4n) is 2.79. The van der Waals surface area contributed by atoms with Crippen LogP contribution in [0.15, 0.2) is 0 Å². The largest absolute Gasteiger partial charge is 0.383 e. The number of methoxy groups -OCH3 is 1. The Bertz CT molecular complexity index is 186. The van der Waals surface area contributed by atoms with Crippen LogP contribution in [-0.4, -0.2) is 62.3 Å². The van der Waals surface area contributed by atoms with Gasteiger partial charge in [-0.3, -0.25) is 4.90 Å². The first-order valence-corrected chi connectivity index (χ1v) is 8.06. The van der Waals surface area contributed by atoms with E-state index in [0.29, 0.717) is 0 Å². The summed E-state index contributed by atoms with van der Waals surface area (Å²) in [5.41, 5.74) is 0. The molecule has 4 heteroatoms. The van der Waals surface area contributed by atoms with Crippen molar-refractivity contribution in [3.63, 3.8) is 0 Å². The molecule has 100 valence electrons. The molecular weight excluding hydrogens is 232 g/mol. The molecule has 3 nitrogen and oxygen atoms in total. The van der Waals surface area contributed by atoms with Gasteiger partial charge in [0.2, 0.25) is 0 Å². The molecule has 2 atom stereocenters. The number of hydrogen-bond acceptors (Lipinski definition) is 4. The molecule has 2 heterocycles. The van der Waals surface area contributed by atoms with Gasteiger partial charge >= 0.3 is 0 Å². The molecular formula is C13H26N2OS. The van der Waals surface area contributed by atoms with Crippen molar-refractivity contribution in [3.05, 3.63) is 0 Å². The van der Waals surface area contributed by atoms with E-state index in [9.17, 15) is 0 Å². The number of nitrogens with zero attached hydrogens (tertiary/aromatic N) is 1. The summed E-state index contributed by atoms with van der Waals surface area (Å²) < 4.78 is 5.23. The molecule has 0 aromatic heterocycles. The molecule has 2 fully saturated rings. The van der Waals surface area contributed by atoms with Crippen LogP contribution in [0.25, 0.3) is 0 Å². The van der Waals surface area contributed by atoms with Gasteiger partial charge in [0.25, 0.3) is 0 Å². The third kappa shape index (κ3) is 4.78. The average Bonchev–Trinajstić information content (AvgIpc) is 2.99. The quantitative estimate of drug-likeness (QED) is 0.747. The van der Waals surface area contributed by atoms with Crippen molar-refractivity contribution in [1.82, 2.24) is 10.2 Å².